The number of carbonyl (C=O) groups is 1. The minimum Gasteiger partial charge on any atom is -0.497 e. The molecule has 1 aromatic rings. The van der Waals surface area contributed by atoms with Crippen LogP contribution in [0.15, 0.2) is 24.3 Å². The lowest BCUT2D eigenvalue weighted by Gasteiger charge is -2.33. The van der Waals surface area contributed by atoms with Crippen LogP contribution < -0.4 is 9.47 Å². The van der Waals surface area contributed by atoms with Gasteiger partial charge in [0.05, 0.1) is 19.5 Å². The smallest absolute Gasteiger partial charge is 0.232 e. The Morgan fingerprint density at radius 1 is 1.17 bits per heavy atom. The minimum absolute atomic E-state index is 0.277. The monoisotopic (exact) mass is 351 g/mol. The average molecular weight is 352 g/mol. The number of benzene rings is 1. The first kappa shape index (κ1) is 19.0. The fourth-order valence-electron chi connectivity index (χ4n) is 3.16. The third-order valence-electron chi connectivity index (χ3n) is 4.46. The molecule has 1 aliphatic carbocycles. The van der Waals surface area contributed by atoms with Gasteiger partial charge in [-0.25, -0.2) is 0 Å². The molecule has 1 amide bonds. The highest BCUT2D eigenvalue weighted by Crippen LogP contribution is 2.23. The molecule has 1 aliphatic rings. The number of rotatable bonds is 9. The summed E-state index contributed by atoms with van der Waals surface area (Å²) < 4.78 is 10.8. The lowest BCUT2D eigenvalue weighted by Crippen LogP contribution is -2.42. The summed E-state index contributed by atoms with van der Waals surface area (Å²) in [5, 5.41) is 0. The second-order valence-electron chi connectivity index (χ2n) is 6.05. The predicted octanol–water partition coefficient (Wildman–Crippen LogP) is 3.99. The van der Waals surface area contributed by atoms with Crippen LogP contribution in [0.4, 0.5) is 0 Å². The van der Waals surface area contributed by atoms with Gasteiger partial charge in [0.2, 0.25) is 5.91 Å². The Kier molecular flexibility index (Phi) is 8.29. The molecule has 0 aromatic heterocycles. The molecule has 0 atom stereocenters. The summed E-state index contributed by atoms with van der Waals surface area (Å²) in [6.07, 6.45) is 6.18. The molecule has 0 radical (unpaired) electrons. The van der Waals surface area contributed by atoms with Crippen molar-refractivity contribution in [1.82, 2.24) is 4.90 Å². The van der Waals surface area contributed by atoms with Crippen LogP contribution in [-0.2, 0) is 4.79 Å². The summed E-state index contributed by atoms with van der Waals surface area (Å²) in [7, 11) is 1.65. The number of carbonyl (C=O) groups excluding carboxylic acids is 1. The van der Waals surface area contributed by atoms with Gasteiger partial charge in [-0.2, -0.15) is 0 Å². The highest BCUT2D eigenvalue weighted by Gasteiger charge is 2.23. The van der Waals surface area contributed by atoms with E-state index in [1.54, 1.807) is 18.9 Å². The van der Waals surface area contributed by atoms with Crippen molar-refractivity contribution in [3.63, 3.8) is 0 Å². The number of amides is 1. The Morgan fingerprint density at radius 2 is 1.83 bits per heavy atom. The van der Waals surface area contributed by atoms with Crippen LogP contribution in [0, 0.1) is 0 Å². The molecule has 0 heterocycles. The number of methoxy groups -OCH3 is 1. The van der Waals surface area contributed by atoms with E-state index in [1.807, 2.05) is 24.3 Å². The molecule has 0 saturated heterocycles. The Hall–Kier alpha value is -1.36. The number of ether oxygens (including phenoxy) is 2. The molecule has 0 N–H and O–H groups in total. The summed E-state index contributed by atoms with van der Waals surface area (Å²) in [5.74, 6) is 3.31. The summed E-state index contributed by atoms with van der Waals surface area (Å²) in [5.41, 5.74) is 0. The van der Waals surface area contributed by atoms with Gasteiger partial charge in [-0.1, -0.05) is 19.3 Å². The Bertz CT molecular complexity index is 486. The molecule has 0 unspecified atom stereocenters. The summed E-state index contributed by atoms with van der Waals surface area (Å²) >= 11 is 1.66. The topological polar surface area (TPSA) is 38.8 Å². The molecular weight excluding hydrogens is 322 g/mol. The number of thioether (sulfide) groups is 1. The summed E-state index contributed by atoms with van der Waals surface area (Å²) in [4.78, 5) is 14.5. The van der Waals surface area contributed by atoms with Crippen LogP contribution >= 0.6 is 11.8 Å². The van der Waals surface area contributed by atoms with Crippen molar-refractivity contribution in [2.45, 2.75) is 45.1 Å². The summed E-state index contributed by atoms with van der Waals surface area (Å²) in [6.45, 7) is 3.52. The number of nitrogens with zero attached hydrogens (tertiary/aromatic N) is 1. The van der Waals surface area contributed by atoms with Gasteiger partial charge < -0.3 is 14.4 Å². The molecule has 0 bridgehead atoms. The normalized spacial score (nSPS) is 15.1. The zero-order chi connectivity index (χ0) is 17.2. The van der Waals surface area contributed by atoms with Gasteiger partial charge in [0, 0.05) is 18.3 Å². The Balaban J connectivity index is 1.64. The van der Waals surface area contributed by atoms with E-state index in [0.717, 1.165) is 23.8 Å². The molecular formula is C19H29NO3S. The van der Waals surface area contributed by atoms with Crippen LogP contribution in [0.5, 0.6) is 11.5 Å². The maximum absolute atomic E-state index is 12.4. The van der Waals surface area contributed by atoms with Crippen molar-refractivity contribution in [2.75, 3.05) is 31.8 Å². The standard InChI is InChI=1S/C19H29NO3S/c1-3-20(16-7-5-4-6-8-16)19(21)15-24-14-13-23-18-11-9-17(22-2)10-12-18/h9-12,16H,3-8,13-15H2,1-2H3. The van der Waals surface area contributed by atoms with Gasteiger partial charge in [-0.3, -0.25) is 4.79 Å². The van der Waals surface area contributed by atoms with Crippen LogP contribution in [0.3, 0.4) is 0 Å². The maximum Gasteiger partial charge on any atom is 0.232 e. The minimum atomic E-state index is 0.277. The van der Waals surface area contributed by atoms with Gasteiger partial charge in [0.15, 0.2) is 0 Å². The van der Waals surface area contributed by atoms with E-state index >= 15 is 0 Å². The molecule has 134 valence electrons. The van der Waals surface area contributed by atoms with Gasteiger partial charge in [0.25, 0.3) is 0 Å². The zero-order valence-corrected chi connectivity index (χ0v) is 15.6. The largest absolute Gasteiger partial charge is 0.497 e. The quantitative estimate of drug-likeness (QED) is 0.631. The van der Waals surface area contributed by atoms with E-state index in [-0.39, 0.29) is 5.91 Å². The first-order chi connectivity index (χ1) is 11.7. The van der Waals surface area contributed by atoms with Crippen molar-refractivity contribution in [2.24, 2.45) is 0 Å². The first-order valence-electron chi connectivity index (χ1n) is 8.88. The van der Waals surface area contributed by atoms with Crippen molar-refractivity contribution in [3.8, 4) is 11.5 Å². The lowest BCUT2D eigenvalue weighted by atomic mass is 9.94. The van der Waals surface area contributed by atoms with Crippen molar-refractivity contribution >= 4 is 17.7 Å². The van der Waals surface area contributed by atoms with Gasteiger partial charge >= 0.3 is 0 Å². The second-order valence-corrected chi connectivity index (χ2v) is 7.15. The third-order valence-corrected chi connectivity index (χ3v) is 5.36. The van der Waals surface area contributed by atoms with E-state index in [1.165, 1.54) is 32.1 Å². The fraction of sp³-hybridized carbons (Fsp3) is 0.632. The molecule has 1 saturated carbocycles. The van der Waals surface area contributed by atoms with E-state index in [4.69, 9.17) is 9.47 Å². The van der Waals surface area contributed by atoms with Gasteiger partial charge in [-0.05, 0) is 44.0 Å². The molecule has 5 heteroatoms. The maximum atomic E-state index is 12.4. The van der Waals surface area contributed by atoms with Crippen molar-refractivity contribution in [1.29, 1.82) is 0 Å². The molecule has 1 fully saturated rings. The van der Waals surface area contributed by atoms with E-state index in [9.17, 15) is 4.79 Å². The molecule has 2 rings (SSSR count). The van der Waals surface area contributed by atoms with E-state index < -0.39 is 0 Å². The molecule has 4 nitrogen and oxygen atoms in total. The van der Waals surface area contributed by atoms with Gasteiger partial charge in [0.1, 0.15) is 11.5 Å². The average Bonchev–Trinajstić information content (AvgIpc) is 2.63. The van der Waals surface area contributed by atoms with Crippen LogP contribution in [0.1, 0.15) is 39.0 Å². The summed E-state index contributed by atoms with van der Waals surface area (Å²) in [6, 6.07) is 8.03. The second kappa shape index (κ2) is 10.5. The number of hydrogen-bond acceptors (Lipinski definition) is 4. The van der Waals surface area contributed by atoms with E-state index in [2.05, 4.69) is 11.8 Å². The molecule has 24 heavy (non-hydrogen) atoms. The van der Waals surface area contributed by atoms with Crippen LogP contribution in [-0.4, -0.2) is 48.6 Å². The van der Waals surface area contributed by atoms with E-state index in [0.29, 0.717) is 18.4 Å². The third kappa shape index (κ3) is 5.93. The predicted molar refractivity (Wildman–Crippen MR) is 100 cm³/mol. The van der Waals surface area contributed by atoms with Crippen LogP contribution in [0.25, 0.3) is 0 Å². The highest BCUT2D eigenvalue weighted by atomic mass is 32.2. The molecule has 1 aromatic carbocycles. The van der Waals surface area contributed by atoms with Crippen molar-refractivity contribution < 1.29 is 14.3 Å². The zero-order valence-electron chi connectivity index (χ0n) is 14.8. The first-order valence-corrected chi connectivity index (χ1v) is 10.0. The fourth-order valence-corrected chi connectivity index (χ4v) is 3.85. The SMILES string of the molecule is CCN(C(=O)CSCCOc1ccc(OC)cc1)C1CCCCC1. The van der Waals surface area contributed by atoms with Crippen molar-refractivity contribution in [3.05, 3.63) is 24.3 Å². The Labute approximate surface area is 149 Å². The van der Waals surface area contributed by atoms with Crippen LogP contribution in [0.2, 0.25) is 0 Å². The highest BCUT2D eigenvalue weighted by molar-refractivity contribution is 7.99. The number of hydrogen-bond donors (Lipinski definition) is 0. The lowest BCUT2D eigenvalue weighted by molar-refractivity contribution is -0.131. The molecule has 0 aliphatic heterocycles. The van der Waals surface area contributed by atoms with Gasteiger partial charge in [-0.15, -0.1) is 11.8 Å². The Morgan fingerprint density at radius 3 is 2.46 bits per heavy atom. The molecule has 0 spiro atoms.